The van der Waals surface area contributed by atoms with Crippen LogP contribution in [-0.4, -0.2) is 74.5 Å². The largest absolute Gasteiger partial charge is 0.444 e. The van der Waals surface area contributed by atoms with Gasteiger partial charge in [0, 0.05) is 19.6 Å². The molecule has 0 heterocycles. The minimum atomic E-state index is -0.849. The zero-order valence-electron chi connectivity index (χ0n) is 19.8. The molecule has 0 aromatic carbocycles. The van der Waals surface area contributed by atoms with Crippen LogP contribution in [0.2, 0.25) is 0 Å². The van der Waals surface area contributed by atoms with Gasteiger partial charge in [-0.25, -0.2) is 9.59 Å². The number of rotatable bonds is 11. The average Bonchev–Trinajstić information content (AvgIpc) is 2.58. The number of likely N-dealkylation sites (N-methyl/N-ethyl adjacent to an activating group) is 1. The van der Waals surface area contributed by atoms with Crippen LogP contribution in [-0.2, 0) is 19.1 Å². The van der Waals surface area contributed by atoms with Gasteiger partial charge in [-0.1, -0.05) is 0 Å². The summed E-state index contributed by atoms with van der Waals surface area (Å²) < 4.78 is 10.3. The molecule has 0 aromatic heterocycles. The third-order valence-electron chi connectivity index (χ3n) is 3.43. The number of nitrogens with one attached hydrogen (secondary N) is 5. The van der Waals surface area contributed by atoms with Gasteiger partial charge in [0.2, 0.25) is 11.8 Å². The van der Waals surface area contributed by atoms with Gasteiger partial charge in [0.05, 0.1) is 6.54 Å². The zero-order chi connectivity index (χ0) is 24.1. The number of carbonyl (C=O) groups is 4. The molecule has 5 N–H and O–H groups in total. The molecule has 31 heavy (non-hydrogen) atoms. The highest BCUT2D eigenvalue weighted by Gasteiger charge is 2.24. The summed E-state index contributed by atoms with van der Waals surface area (Å²) in [6.07, 6.45) is -0.523. The second-order valence-electron chi connectivity index (χ2n) is 8.94. The van der Waals surface area contributed by atoms with Gasteiger partial charge in [0.15, 0.2) is 0 Å². The molecule has 0 aromatic rings. The lowest BCUT2D eigenvalue weighted by Gasteiger charge is -2.23. The number of ether oxygens (including phenoxy) is 2. The maximum Gasteiger partial charge on any atom is 0.408 e. The van der Waals surface area contributed by atoms with Crippen molar-refractivity contribution in [3.05, 3.63) is 0 Å². The fourth-order valence-electron chi connectivity index (χ4n) is 2.26. The number of hydrogen-bond donors (Lipinski definition) is 5. The van der Waals surface area contributed by atoms with Gasteiger partial charge in [-0.3, -0.25) is 9.59 Å². The molecule has 0 radical (unpaired) electrons. The van der Waals surface area contributed by atoms with E-state index < -0.39 is 35.3 Å². The molecule has 0 aliphatic carbocycles. The lowest BCUT2D eigenvalue weighted by Crippen LogP contribution is -2.49. The number of hydrogen-bond acceptors (Lipinski definition) is 7. The molecule has 0 aliphatic heterocycles. The van der Waals surface area contributed by atoms with Crippen molar-refractivity contribution in [2.24, 2.45) is 0 Å². The smallest absolute Gasteiger partial charge is 0.408 e. The highest BCUT2D eigenvalue weighted by atomic mass is 16.6. The van der Waals surface area contributed by atoms with Crippen molar-refractivity contribution in [1.82, 2.24) is 26.6 Å². The Morgan fingerprint density at radius 2 is 1.32 bits per heavy atom. The lowest BCUT2D eigenvalue weighted by molar-refractivity contribution is -0.123. The molecular formula is C20H39N5O6. The standard InChI is InChI=1S/C20H39N5O6/c1-19(2,3)30-17(28)24-12-11-23-16(27)14(25-18(29)31-20(4,5)6)9-8-10-22-15(26)13-21-7/h14,21H,8-13H2,1-7H3,(H,22,26)(H,23,27)(H,24,28)(H,25,29)/t14-/m0/s1. The summed E-state index contributed by atoms with van der Waals surface area (Å²) in [5.41, 5.74) is -1.32. The number of alkyl carbamates (subject to hydrolysis) is 2. The molecule has 0 unspecified atom stereocenters. The van der Waals surface area contributed by atoms with Crippen LogP contribution in [0.3, 0.4) is 0 Å². The van der Waals surface area contributed by atoms with E-state index in [4.69, 9.17) is 9.47 Å². The Morgan fingerprint density at radius 1 is 0.774 bits per heavy atom. The molecule has 4 amide bonds. The van der Waals surface area contributed by atoms with Crippen molar-refractivity contribution < 1.29 is 28.7 Å². The van der Waals surface area contributed by atoms with Crippen LogP contribution >= 0.6 is 0 Å². The first-order valence-corrected chi connectivity index (χ1v) is 10.4. The average molecular weight is 446 g/mol. The first-order valence-electron chi connectivity index (χ1n) is 10.4. The van der Waals surface area contributed by atoms with E-state index in [-0.39, 0.29) is 25.5 Å². The molecule has 0 aliphatic rings. The lowest BCUT2D eigenvalue weighted by atomic mass is 10.1. The van der Waals surface area contributed by atoms with Gasteiger partial charge in [0.25, 0.3) is 0 Å². The molecule has 0 saturated heterocycles. The monoisotopic (exact) mass is 445 g/mol. The molecule has 0 fully saturated rings. The van der Waals surface area contributed by atoms with Gasteiger partial charge >= 0.3 is 12.2 Å². The fourth-order valence-corrected chi connectivity index (χ4v) is 2.26. The molecule has 0 spiro atoms. The number of amides is 4. The molecule has 1 atom stereocenters. The van der Waals surface area contributed by atoms with Gasteiger partial charge < -0.3 is 36.1 Å². The highest BCUT2D eigenvalue weighted by Crippen LogP contribution is 2.08. The van der Waals surface area contributed by atoms with Crippen molar-refractivity contribution in [3.63, 3.8) is 0 Å². The third-order valence-corrected chi connectivity index (χ3v) is 3.43. The van der Waals surface area contributed by atoms with E-state index in [1.165, 1.54) is 0 Å². The Hall–Kier alpha value is -2.56. The summed E-state index contributed by atoms with van der Waals surface area (Å²) in [6.45, 7) is 11.3. The molecule has 0 saturated carbocycles. The van der Waals surface area contributed by atoms with Crippen molar-refractivity contribution in [1.29, 1.82) is 0 Å². The Bertz CT molecular complexity index is 598. The maximum atomic E-state index is 12.5. The van der Waals surface area contributed by atoms with Crippen molar-refractivity contribution in [3.8, 4) is 0 Å². The molecule has 180 valence electrons. The van der Waals surface area contributed by atoms with Crippen molar-refractivity contribution in [2.45, 2.75) is 71.6 Å². The predicted octanol–water partition coefficient (Wildman–Crippen LogP) is 0.636. The quantitative estimate of drug-likeness (QED) is 0.293. The molecule has 11 nitrogen and oxygen atoms in total. The Kier molecular flexibility index (Phi) is 12.6. The van der Waals surface area contributed by atoms with E-state index in [0.29, 0.717) is 19.4 Å². The Morgan fingerprint density at radius 3 is 1.87 bits per heavy atom. The topological polar surface area (TPSA) is 147 Å². The normalized spacial score (nSPS) is 12.4. The van der Waals surface area contributed by atoms with Crippen LogP contribution in [0.25, 0.3) is 0 Å². The van der Waals surface area contributed by atoms with Gasteiger partial charge in [0.1, 0.15) is 17.2 Å². The Labute approximate surface area is 184 Å². The van der Waals surface area contributed by atoms with Crippen molar-refractivity contribution >= 4 is 24.0 Å². The summed E-state index contributed by atoms with van der Waals surface area (Å²) in [6, 6.07) is -0.849. The second-order valence-corrected chi connectivity index (χ2v) is 8.94. The van der Waals surface area contributed by atoms with Crippen molar-refractivity contribution in [2.75, 3.05) is 33.2 Å². The zero-order valence-corrected chi connectivity index (χ0v) is 19.8. The van der Waals surface area contributed by atoms with E-state index in [1.54, 1.807) is 48.6 Å². The second kappa shape index (κ2) is 13.7. The molecular weight excluding hydrogens is 406 g/mol. The molecule has 0 bridgehead atoms. The summed E-state index contributed by atoms with van der Waals surface area (Å²) in [5, 5.41) is 13.2. The van der Waals surface area contributed by atoms with Gasteiger partial charge in [-0.2, -0.15) is 0 Å². The minimum Gasteiger partial charge on any atom is -0.444 e. The van der Waals surface area contributed by atoms with Crippen LogP contribution in [0, 0.1) is 0 Å². The van der Waals surface area contributed by atoms with E-state index >= 15 is 0 Å². The minimum absolute atomic E-state index is 0.156. The summed E-state index contributed by atoms with van der Waals surface area (Å²) >= 11 is 0. The SMILES string of the molecule is CNCC(=O)NCCC[C@H](NC(=O)OC(C)(C)C)C(=O)NCCNC(=O)OC(C)(C)C. The van der Waals surface area contributed by atoms with E-state index in [1.807, 2.05) is 0 Å². The number of carbonyl (C=O) groups excluding carboxylic acids is 4. The first kappa shape index (κ1) is 28.4. The highest BCUT2D eigenvalue weighted by molar-refractivity contribution is 5.85. The van der Waals surface area contributed by atoms with Crippen LogP contribution in [0.4, 0.5) is 9.59 Å². The van der Waals surface area contributed by atoms with E-state index in [9.17, 15) is 19.2 Å². The van der Waals surface area contributed by atoms with E-state index in [0.717, 1.165) is 0 Å². The summed E-state index contributed by atoms with van der Waals surface area (Å²) in [7, 11) is 1.67. The van der Waals surface area contributed by atoms with E-state index in [2.05, 4.69) is 26.6 Å². The molecule has 0 rings (SSSR count). The predicted molar refractivity (Wildman–Crippen MR) is 117 cm³/mol. The first-order chi connectivity index (χ1) is 14.2. The summed E-state index contributed by atoms with van der Waals surface area (Å²) in [5.74, 6) is -0.574. The Balaban J connectivity index is 4.60. The summed E-state index contributed by atoms with van der Waals surface area (Å²) in [4.78, 5) is 47.7. The van der Waals surface area contributed by atoms with Crippen LogP contribution in [0.5, 0.6) is 0 Å². The maximum absolute atomic E-state index is 12.5. The van der Waals surface area contributed by atoms with Crippen LogP contribution in [0.15, 0.2) is 0 Å². The third kappa shape index (κ3) is 16.9. The van der Waals surface area contributed by atoms with Gasteiger partial charge in [-0.05, 0) is 61.4 Å². The van der Waals surface area contributed by atoms with Crippen LogP contribution < -0.4 is 26.6 Å². The van der Waals surface area contributed by atoms with Crippen LogP contribution in [0.1, 0.15) is 54.4 Å². The van der Waals surface area contributed by atoms with Gasteiger partial charge in [-0.15, -0.1) is 0 Å². The fraction of sp³-hybridized carbons (Fsp3) is 0.800. The molecule has 11 heteroatoms.